The Morgan fingerprint density at radius 3 is 1.78 bits per heavy atom. The second kappa shape index (κ2) is 46.1. The van der Waals surface area contributed by atoms with Crippen LogP contribution in [0.1, 0.15) is 81.0 Å². The molecule has 0 fully saturated rings. The summed E-state index contributed by atoms with van der Waals surface area (Å²) in [6.45, 7) is -2.19. The van der Waals surface area contributed by atoms with Gasteiger partial charge in [-0.3, -0.25) is 71.9 Å². The van der Waals surface area contributed by atoms with E-state index >= 15 is 9.59 Å². The third kappa shape index (κ3) is 29.2. The molecular weight excluding hydrogens is 1640 g/mol. The van der Waals surface area contributed by atoms with Crippen molar-refractivity contribution >= 4 is 123 Å². The van der Waals surface area contributed by atoms with Crippen LogP contribution >= 0.6 is 15.9 Å². The predicted molar refractivity (Wildman–Crippen MR) is 409 cm³/mol. The predicted octanol–water partition coefficient (Wildman–Crippen LogP) is -11.4. The summed E-state index contributed by atoms with van der Waals surface area (Å²) in [5.41, 5.74) is 12.2. The van der Waals surface area contributed by atoms with Crippen LogP contribution < -0.4 is 84.9 Å². The van der Waals surface area contributed by atoms with E-state index in [0.717, 1.165) is 28.6 Å². The van der Waals surface area contributed by atoms with Crippen molar-refractivity contribution in [1.82, 2.24) is 68.4 Å². The van der Waals surface area contributed by atoms with Gasteiger partial charge < -0.3 is 136 Å². The van der Waals surface area contributed by atoms with Gasteiger partial charge in [-0.15, -0.1) is 0 Å². The molecule has 2 aliphatic heterocycles. The molecule has 24 N–H and O–H groups in total. The lowest BCUT2D eigenvalue weighted by Crippen LogP contribution is -2.64. The van der Waals surface area contributed by atoms with E-state index in [2.05, 4.69) is 69.1 Å². The number of fused-ring (bicyclic) bond motifs is 2. The van der Waals surface area contributed by atoms with Gasteiger partial charge in [0.1, 0.15) is 85.0 Å². The van der Waals surface area contributed by atoms with Crippen molar-refractivity contribution in [3.8, 4) is 0 Å². The number of hydrogen-bond donors (Lipinski definition) is 22. The first kappa shape index (κ1) is 95.7. The molecular formula is C75H95BrN16O27. The van der Waals surface area contributed by atoms with Crippen molar-refractivity contribution in [1.29, 1.82) is 0 Å². The average Bonchev–Trinajstić information content (AvgIpc) is 1.75. The summed E-state index contributed by atoms with van der Waals surface area (Å²) in [4.78, 5) is 239. The van der Waals surface area contributed by atoms with E-state index in [1.807, 2.05) is 10.6 Å². The Hall–Kier alpha value is -12.1. The summed E-state index contributed by atoms with van der Waals surface area (Å²) < 4.78 is 7.72. The second-order valence-electron chi connectivity index (χ2n) is 27.9. The first-order valence-electron chi connectivity index (χ1n) is 36.9. The molecule has 3 heterocycles. The number of carbonyl (C=O) groups excluding carboxylic acids is 17. The number of aliphatic carboxylic acids is 1. The normalized spacial score (nSPS) is 25.6. The van der Waals surface area contributed by atoms with Crippen LogP contribution in [0.15, 0.2) is 120 Å². The van der Waals surface area contributed by atoms with Crippen LogP contribution in [0.5, 0.6) is 0 Å². The maximum absolute atomic E-state index is 15.3. The molecule has 44 heteroatoms. The first-order chi connectivity index (χ1) is 56.4. The zero-order chi connectivity index (χ0) is 88.1. The third-order valence-electron chi connectivity index (χ3n) is 18.6. The molecule has 43 nitrogen and oxygen atoms in total. The van der Waals surface area contributed by atoms with Crippen molar-refractivity contribution < 1.29 is 137 Å². The number of aliphatic hydroxyl groups is 8. The summed E-state index contributed by atoms with van der Waals surface area (Å²) in [7, 11) is 0. The van der Waals surface area contributed by atoms with Crippen LogP contribution in [0.25, 0.3) is 6.08 Å². The highest BCUT2D eigenvalue weighted by Gasteiger charge is 2.43. The topological polar surface area (TPSA) is 690 Å². The quantitative estimate of drug-likeness (QED) is 0.0197. The number of carboxylic acids is 1. The van der Waals surface area contributed by atoms with Gasteiger partial charge in [-0.1, -0.05) is 119 Å². The number of nitrogens with one attached hydrogen (secondary N) is 12. The van der Waals surface area contributed by atoms with E-state index < -0.39 is 281 Å². The highest BCUT2D eigenvalue weighted by Crippen LogP contribution is 2.23. The summed E-state index contributed by atoms with van der Waals surface area (Å²) in [5.74, 6) is -24.0. The number of halogens is 1. The van der Waals surface area contributed by atoms with Gasteiger partial charge in [-0.05, 0) is 49.1 Å². The second-order valence-corrected chi connectivity index (χ2v) is 28.8. The number of ether oxygens (including phenoxy) is 1. The van der Waals surface area contributed by atoms with Crippen molar-refractivity contribution in [2.24, 2.45) is 11.5 Å². The number of amides is 14. The smallest absolute Gasteiger partial charge is 0.260 e. The molecule has 0 unspecified atom stereocenters. The first-order valence-corrected chi connectivity index (χ1v) is 37.6. The number of hydrogen-bond acceptors (Lipinski definition) is 27. The largest absolute Gasteiger partial charge is 0.548 e. The maximum Gasteiger partial charge on any atom is 0.260 e. The number of carbonyl (C=O) groups is 17. The fourth-order valence-corrected chi connectivity index (χ4v) is 12.4. The standard InChI is InChI=1S/C75H95BrN16O27/c1-36(14-15-39-10-6-4-7-11-39)20-54(100)46-26-58(104)81-52(32-95)69(111)86-51-29-91-28-43(92(35-91)59(34-97)119-45(30-93)31-94)22-48(66(108)89-61(38(3)98)73(115)87-53(33-96)70(112)83-47(65(107)82-46)21-40-12-8-5-9-13-40)80-57(103)24-44(99)23-50(75(117)118)85-71(113)55(101)27-79-72(114)60(37(2)41-16-18-42(76)19-17-41)88-74(116)62(63(105)64(78)106)90-67(109)49(25-56(77)102)84-68(51)110/h4-20,28,30,34-35,37-38,44-55,59-63,94-96,98-101,105H,21-27,29,31-33H2,1-3H3,(H16-,77,78,79,80,81,82,83,84,85,86,87,88,89,90,102,103,104,106,107,108,109,110,111,112,113,114,115,116,117,118)/b15-14+,36-20+/t37-,38-,44+,45-,46-,47-,48-,49-,50-,51+,52-,53-,54-,55-,59+,60-,61-,62-,63+/m0/s1. The van der Waals surface area contributed by atoms with Gasteiger partial charge in [0.15, 0.2) is 18.7 Å². The molecule has 14 amide bonds. The molecule has 19 atom stereocenters. The Bertz CT molecular complexity index is 4370. The minimum Gasteiger partial charge on any atom is -0.548 e. The van der Waals surface area contributed by atoms with Crippen molar-refractivity contribution in [3.63, 3.8) is 0 Å². The fraction of sp³-hybridized carbons (Fsp3) is 0.440. The van der Waals surface area contributed by atoms with Crippen molar-refractivity contribution in [2.75, 3.05) is 26.4 Å². The van der Waals surface area contributed by atoms with Gasteiger partial charge in [-0.2, -0.15) is 4.57 Å². The molecule has 1 aromatic heterocycles. The lowest BCUT2D eigenvalue weighted by Gasteiger charge is -2.30. The number of nitrogens with two attached hydrogens (primary N) is 2. The minimum atomic E-state index is -2.79. The van der Waals surface area contributed by atoms with Crippen LogP contribution in [0.2, 0.25) is 0 Å². The molecule has 4 bridgehead atoms. The molecule has 6 rings (SSSR count). The van der Waals surface area contributed by atoms with E-state index in [-0.39, 0.29) is 18.1 Å². The van der Waals surface area contributed by atoms with Crippen molar-refractivity contribution in [2.45, 2.75) is 181 Å². The Labute approximate surface area is 686 Å². The molecule has 3 aromatic carbocycles. The lowest BCUT2D eigenvalue weighted by molar-refractivity contribution is -0.751. The highest BCUT2D eigenvalue weighted by atomic mass is 79.9. The molecule has 2 aliphatic rings. The number of benzene rings is 3. The van der Waals surface area contributed by atoms with Crippen LogP contribution in [-0.4, -0.2) is 276 Å². The molecule has 0 radical (unpaired) electrons. The summed E-state index contributed by atoms with van der Waals surface area (Å²) in [6.07, 6.45) is -15.3. The van der Waals surface area contributed by atoms with Crippen LogP contribution in [-0.2, 0) is 106 Å². The highest BCUT2D eigenvalue weighted by molar-refractivity contribution is 9.10. The zero-order valence-electron chi connectivity index (χ0n) is 64.1. The van der Waals surface area contributed by atoms with E-state index in [9.17, 15) is 118 Å². The Kier molecular flexibility index (Phi) is 37.1. The van der Waals surface area contributed by atoms with Crippen LogP contribution in [0, 0.1) is 0 Å². The maximum atomic E-state index is 15.3. The number of primary amides is 2. The van der Waals surface area contributed by atoms with Gasteiger partial charge in [0.25, 0.3) is 12.1 Å². The van der Waals surface area contributed by atoms with Gasteiger partial charge in [0.05, 0.1) is 75.6 Å². The van der Waals surface area contributed by atoms with Gasteiger partial charge in [-0.25, -0.2) is 4.57 Å². The summed E-state index contributed by atoms with van der Waals surface area (Å²) >= 11 is 3.27. The molecule has 0 saturated heterocycles. The SMILES string of the molecule is CC(/C=C/c1ccccc1)=C\[C@H](O)[C@@H]1CC(=O)N[C@@H](CO)C(=O)N[C@@H]2Cn3cc([n+]([C@@H](C=O)O[C@@H](C=O)CO)c3)C[C@H](NC(=O)C[C@H](O)C[C@@H](C(=O)[O-])NC(=O)[C@@H](O)CNC(=O)[C@H]([C@@H](C)c3ccc(Br)cc3)NC(=O)[C@H]([C@@H](O)C(N)=O)NC(=O)[C@H](CC(N)=O)NC2=O)C(=O)N[C@@H]([C@H](C)O)C(=O)N[C@@H](CO)C(=O)N[C@@H](Cc2ccccc2)C(=O)N1. The molecule has 0 aliphatic carbocycles. The number of allylic oxidation sites excluding steroid dienone is 2. The number of β-amino-alcohol motifs (C(OH)–C–C–N with tert-alkyl or cyclic N) is 1. The average molecular weight is 1730 g/mol. The molecule has 0 saturated carbocycles. The third-order valence-corrected chi connectivity index (χ3v) is 19.1. The molecule has 0 spiro atoms. The van der Waals surface area contributed by atoms with Crippen LogP contribution in [0.4, 0.5) is 0 Å². The summed E-state index contributed by atoms with van der Waals surface area (Å²) in [5, 5.41) is 128. The molecule has 4 aromatic rings. The number of carboxylic acid groups (broad SMARTS) is 1. The fourth-order valence-electron chi connectivity index (χ4n) is 12.1. The number of aromatic nitrogens is 2. The van der Waals surface area contributed by atoms with E-state index in [4.69, 9.17) is 16.2 Å². The number of aliphatic hydroxyl groups excluding tert-OH is 8. The summed E-state index contributed by atoms with van der Waals surface area (Å²) in [6, 6.07) is -1.57. The van der Waals surface area contributed by atoms with Gasteiger partial charge in [0, 0.05) is 29.7 Å². The van der Waals surface area contributed by atoms with Gasteiger partial charge >= 0.3 is 0 Å². The zero-order valence-corrected chi connectivity index (χ0v) is 65.7. The van der Waals surface area contributed by atoms with Crippen molar-refractivity contribution in [3.05, 3.63) is 142 Å². The Morgan fingerprint density at radius 2 is 1.18 bits per heavy atom. The number of rotatable bonds is 22. The van der Waals surface area contributed by atoms with E-state index in [0.29, 0.717) is 21.2 Å². The lowest BCUT2D eigenvalue weighted by atomic mass is 9.92. The molecule has 644 valence electrons. The minimum absolute atomic E-state index is 0.00612. The molecule has 119 heavy (non-hydrogen) atoms. The Balaban J connectivity index is 1.62. The van der Waals surface area contributed by atoms with E-state index in [1.54, 1.807) is 60.7 Å². The van der Waals surface area contributed by atoms with Crippen LogP contribution in [0.3, 0.4) is 0 Å². The Morgan fingerprint density at radius 1 is 0.622 bits per heavy atom. The number of imidazole rings is 1. The number of nitrogens with zero attached hydrogens (tertiary/aromatic N) is 2. The monoisotopic (exact) mass is 1730 g/mol. The number of aldehydes is 2. The van der Waals surface area contributed by atoms with Gasteiger partial charge in [0.2, 0.25) is 83.1 Å². The van der Waals surface area contributed by atoms with E-state index in [1.165, 1.54) is 56.3 Å².